The van der Waals surface area contributed by atoms with Crippen molar-refractivity contribution in [3.8, 4) is 0 Å². The maximum atomic E-state index is 13.4. The first-order valence-electron chi connectivity index (χ1n) is 6.08. The summed E-state index contributed by atoms with van der Waals surface area (Å²) in [5, 5.41) is 3.21. The second kappa shape index (κ2) is 6.05. The van der Waals surface area contributed by atoms with Crippen LogP contribution in [0.5, 0.6) is 0 Å². The number of nitrogens with two attached hydrogens (primary N) is 1. The average molecular weight is 337 g/mol. The van der Waals surface area contributed by atoms with Crippen LogP contribution in [-0.2, 0) is 0 Å². The zero-order valence-electron chi connectivity index (χ0n) is 10.9. The van der Waals surface area contributed by atoms with Gasteiger partial charge in [-0.25, -0.2) is 4.39 Å². The Morgan fingerprint density at radius 1 is 1.30 bits per heavy atom. The van der Waals surface area contributed by atoms with Gasteiger partial charge in [0, 0.05) is 16.2 Å². The van der Waals surface area contributed by atoms with Crippen molar-refractivity contribution in [3.05, 3.63) is 63.9 Å². The van der Waals surface area contributed by atoms with Crippen molar-refractivity contribution in [2.24, 2.45) is 5.73 Å². The Labute approximate surface area is 125 Å². The molecule has 0 fully saturated rings. The van der Waals surface area contributed by atoms with Crippen LogP contribution in [0.25, 0.3) is 0 Å². The van der Waals surface area contributed by atoms with Crippen molar-refractivity contribution in [2.75, 3.05) is 5.32 Å². The largest absolute Gasteiger partial charge is 0.378 e. The fourth-order valence-electron chi connectivity index (χ4n) is 1.91. The molecule has 1 unspecified atom stereocenters. The van der Waals surface area contributed by atoms with Crippen molar-refractivity contribution in [1.29, 1.82) is 0 Å². The highest BCUT2D eigenvalue weighted by molar-refractivity contribution is 9.10. The molecule has 2 aromatic carbocycles. The Morgan fingerprint density at radius 2 is 2.05 bits per heavy atom. The maximum Gasteiger partial charge on any atom is 0.251 e. The molecule has 1 atom stereocenters. The van der Waals surface area contributed by atoms with E-state index in [1.165, 1.54) is 12.1 Å². The Kier molecular flexibility index (Phi) is 4.39. The number of hydrogen-bond acceptors (Lipinski definition) is 2. The Morgan fingerprint density at radius 3 is 2.70 bits per heavy atom. The molecule has 20 heavy (non-hydrogen) atoms. The molecule has 0 spiro atoms. The third-order valence-corrected chi connectivity index (χ3v) is 3.46. The molecule has 1 amide bonds. The molecule has 0 aliphatic rings. The van der Waals surface area contributed by atoms with E-state index in [-0.39, 0.29) is 11.6 Å². The molecule has 104 valence electrons. The van der Waals surface area contributed by atoms with Crippen molar-refractivity contribution in [1.82, 2.24) is 0 Å². The maximum absolute atomic E-state index is 13.4. The van der Waals surface area contributed by atoms with Crippen LogP contribution in [0.1, 0.15) is 28.9 Å². The van der Waals surface area contributed by atoms with Gasteiger partial charge in [-0.05, 0) is 42.8 Å². The molecule has 0 radical (unpaired) electrons. The fraction of sp³-hybridized carbons (Fsp3) is 0.133. The number of rotatable bonds is 4. The lowest BCUT2D eigenvalue weighted by Crippen LogP contribution is -2.14. The van der Waals surface area contributed by atoms with Crippen molar-refractivity contribution < 1.29 is 9.18 Å². The molecule has 0 heterocycles. The van der Waals surface area contributed by atoms with E-state index < -0.39 is 11.7 Å². The summed E-state index contributed by atoms with van der Waals surface area (Å²) in [5.41, 5.74) is 6.74. The highest BCUT2D eigenvalue weighted by Gasteiger charge is 2.11. The third kappa shape index (κ3) is 3.36. The number of carbonyl (C=O) groups excluding carboxylic acids is 1. The number of carbonyl (C=O) groups is 1. The number of benzene rings is 2. The number of anilines is 1. The molecule has 0 aromatic heterocycles. The summed E-state index contributed by atoms with van der Waals surface area (Å²) >= 11 is 3.42. The molecule has 3 nitrogen and oxygen atoms in total. The van der Waals surface area contributed by atoms with E-state index in [9.17, 15) is 9.18 Å². The van der Waals surface area contributed by atoms with Gasteiger partial charge in [-0.15, -0.1) is 0 Å². The van der Waals surface area contributed by atoms with E-state index in [1.54, 1.807) is 6.07 Å². The average Bonchev–Trinajstić information content (AvgIpc) is 2.40. The van der Waals surface area contributed by atoms with E-state index >= 15 is 0 Å². The van der Waals surface area contributed by atoms with E-state index in [4.69, 9.17) is 5.73 Å². The van der Waals surface area contributed by atoms with Gasteiger partial charge < -0.3 is 11.1 Å². The van der Waals surface area contributed by atoms with Crippen LogP contribution in [0.2, 0.25) is 0 Å². The van der Waals surface area contributed by atoms with Crippen LogP contribution in [0.3, 0.4) is 0 Å². The fourth-order valence-corrected chi connectivity index (χ4v) is 2.33. The topological polar surface area (TPSA) is 55.1 Å². The predicted molar refractivity (Wildman–Crippen MR) is 81.1 cm³/mol. The van der Waals surface area contributed by atoms with Gasteiger partial charge in [0.25, 0.3) is 5.91 Å². The van der Waals surface area contributed by atoms with Gasteiger partial charge in [0.2, 0.25) is 0 Å². The lowest BCUT2D eigenvalue weighted by molar-refractivity contribution is 0.0996. The van der Waals surface area contributed by atoms with Gasteiger partial charge >= 0.3 is 0 Å². The molecule has 0 aliphatic carbocycles. The minimum absolute atomic E-state index is 0.0127. The Bertz CT molecular complexity index is 646. The standard InChI is InChI=1S/C15H14BrFN2O/c1-9(10-3-2-4-11(16)7-10)19-12-5-6-14(17)13(8-12)15(18)20/h2-9,19H,1H3,(H2,18,20). The molecule has 2 aromatic rings. The predicted octanol–water partition coefficient (Wildman–Crippen LogP) is 3.86. The molecule has 2 rings (SSSR count). The summed E-state index contributed by atoms with van der Waals surface area (Å²) in [5.74, 6) is -1.39. The van der Waals surface area contributed by atoms with E-state index in [0.717, 1.165) is 10.0 Å². The monoisotopic (exact) mass is 336 g/mol. The molecule has 0 aliphatic heterocycles. The van der Waals surface area contributed by atoms with E-state index in [2.05, 4.69) is 21.2 Å². The second-order valence-corrected chi connectivity index (χ2v) is 5.40. The normalized spacial score (nSPS) is 11.9. The highest BCUT2D eigenvalue weighted by atomic mass is 79.9. The molecule has 0 bridgehead atoms. The summed E-state index contributed by atoms with van der Waals surface area (Å²) < 4.78 is 14.4. The van der Waals surface area contributed by atoms with Gasteiger partial charge in [0.05, 0.1) is 5.56 Å². The first-order chi connectivity index (χ1) is 9.47. The van der Waals surface area contributed by atoms with Crippen LogP contribution in [0.15, 0.2) is 46.9 Å². The smallest absolute Gasteiger partial charge is 0.251 e. The van der Waals surface area contributed by atoms with Crippen LogP contribution in [-0.4, -0.2) is 5.91 Å². The van der Waals surface area contributed by atoms with Crippen molar-refractivity contribution >= 4 is 27.5 Å². The van der Waals surface area contributed by atoms with Gasteiger partial charge in [-0.1, -0.05) is 28.1 Å². The molecule has 5 heteroatoms. The highest BCUT2D eigenvalue weighted by Crippen LogP contribution is 2.23. The second-order valence-electron chi connectivity index (χ2n) is 4.48. The Balaban J connectivity index is 2.22. The number of nitrogens with one attached hydrogen (secondary N) is 1. The van der Waals surface area contributed by atoms with Crippen molar-refractivity contribution in [2.45, 2.75) is 13.0 Å². The van der Waals surface area contributed by atoms with Gasteiger partial charge in [0.1, 0.15) is 5.82 Å². The molecule has 0 saturated carbocycles. The molecular formula is C15H14BrFN2O. The number of halogens is 2. The minimum Gasteiger partial charge on any atom is -0.378 e. The summed E-state index contributed by atoms with van der Waals surface area (Å²) in [4.78, 5) is 11.1. The van der Waals surface area contributed by atoms with Crippen LogP contribution in [0, 0.1) is 5.82 Å². The SMILES string of the molecule is CC(Nc1ccc(F)c(C(N)=O)c1)c1cccc(Br)c1. The molecule has 0 saturated heterocycles. The third-order valence-electron chi connectivity index (χ3n) is 2.96. The molecule has 3 N–H and O–H groups in total. The lowest BCUT2D eigenvalue weighted by Gasteiger charge is -2.16. The zero-order valence-corrected chi connectivity index (χ0v) is 12.4. The summed E-state index contributed by atoms with van der Waals surface area (Å²) in [6.07, 6.45) is 0. The van der Waals surface area contributed by atoms with E-state index in [1.807, 2.05) is 31.2 Å². The quantitative estimate of drug-likeness (QED) is 0.890. The Hall–Kier alpha value is -1.88. The zero-order chi connectivity index (χ0) is 14.7. The van der Waals surface area contributed by atoms with E-state index in [0.29, 0.717) is 5.69 Å². The van der Waals surface area contributed by atoms with Crippen LogP contribution >= 0.6 is 15.9 Å². The summed E-state index contributed by atoms with van der Waals surface area (Å²) in [7, 11) is 0. The molecular weight excluding hydrogens is 323 g/mol. The number of primary amides is 1. The van der Waals surface area contributed by atoms with Crippen LogP contribution < -0.4 is 11.1 Å². The van der Waals surface area contributed by atoms with Gasteiger partial charge in [-0.3, -0.25) is 4.79 Å². The number of amides is 1. The first-order valence-corrected chi connectivity index (χ1v) is 6.88. The lowest BCUT2D eigenvalue weighted by atomic mass is 10.1. The summed E-state index contributed by atoms with van der Waals surface area (Å²) in [6, 6.07) is 12.1. The first kappa shape index (κ1) is 14.5. The van der Waals surface area contributed by atoms with Gasteiger partial charge in [-0.2, -0.15) is 0 Å². The summed E-state index contributed by atoms with van der Waals surface area (Å²) in [6.45, 7) is 1.98. The number of hydrogen-bond donors (Lipinski definition) is 2. The van der Waals surface area contributed by atoms with Crippen molar-refractivity contribution in [3.63, 3.8) is 0 Å². The minimum atomic E-state index is -0.777. The van der Waals surface area contributed by atoms with Crippen LogP contribution in [0.4, 0.5) is 10.1 Å². The van der Waals surface area contributed by atoms with Gasteiger partial charge in [0.15, 0.2) is 0 Å².